The zero-order valence-corrected chi connectivity index (χ0v) is 15.1. The van der Waals surface area contributed by atoms with Gasteiger partial charge in [-0.2, -0.15) is 0 Å². The van der Waals surface area contributed by atoms with Crippen LogP contribution in [0, 0.1) is 5.92 Å². The van der Waals surface area contributed by atoms with Crippen molar-refractivity contribution in [3.05, 3.63) is 48.3 Å². The zero-order chi connectivity index (χ0) is 17.8. The topological polar surface area (TPSA) is 51.2 Å². The first-order chi connectivity index (χ1) is 12.8. The van der Waals surface area contributed by atoms with Crippen molar-refractivity contribution in [2.75, 3.05) is 6.54 Å². The van der Waals surface area contributed by atoms with E-state index in [2.05, 4.69) is 28.5 Å². The minimum Gasteiger partial charge on any atom is -0.487 e. The van der Waals surface area contributed by atoms with Gasteiger partial charge in [0.05, 0.1) is 6.54 Å². The van der Waals surface area contributed by atoms with Crippen LogP contribution in [-0.4, -0.2) is 23.5 Å². The third-order valence-corrected chi connectivity index (χ3v) is 5.60. The Bertz CT molecular complexity index is 754. The second-order valence-electron chi connectivity index (χ2n) is 7.47. The Labute approximate surface area is 155 Å². The maximum atomic E-state index is 12.1. The van der Waals surface area contributed by atoms with Crippen molar-refractivity contribution in [3.8, 4) is 16.9 Å². The van der Waals surface area contributed by atoms with Crippen LogP contribution in [0.25, 0.3) is 11.1 Å². The molecule has 0 bridgehead atoms. The molecule has 1 atom stereocenters. The van der Waals surface area contributed by atoms with Crippen molar-refractivity contribution in [3.63, 3.8) is 0 Å². The normalized spacial score (nSPS) is 19.2. The fourth-order valence-corrected chi connectivity index (χ4v) is 4.16. The molecule has 0 radical (unpaired) electrons. The lowest BCUT2D eigenvalue weighted by Gasteiger charge is -2.14. The van der Waals surface area contributed by atoms with Crippen LogP contribution >= 0.6 is 0 Å². The lowest BCUT2D eigenvalue weighted by Crippen LogP contribution is -2.34. The summed E-state index contributed by atoms with van der Waals surface area (Å²) in [5.41, 5.74) is 3.42. The molecular formula is C22H26N2O2. The number of hydrogen-bond acceptors (Lipinski definition) is 3. The van der Waals surface area contributed by atoms with Crippen LogP contribution in [0.15, 0.2) is 42.7 Å². The molecule has 136 valence electrons. The summed E-state index contributed by atoms with van der Waals surface area (Å²) in [7, 11) is 0. The molecular weight excluding hydrogens is 324 g/mol. The average Bonchev–Trinajstić information content (AvgIpc) is 3.34. The Kier molecular flexibility index (Phi) is 5.19. The molecule has 1 N–H and O–H groups in total. The Morgan fingerprint density at radius 3 is 2.77 bits per heavy atom. The molecule has 1 aliphatic heterocycles. The Balaban J connectivity index is 1.32. The van der Waals surface area contributed by atoms with Crippen molar-refractivity contribution in [1.82, 2.24) is 10.3 Å². The maximum absolute atomic E-state index is 12.1. The van der Waals surface area contributed by atoms with Gasteiger partial charge in [0.1, 0.15) is 11.9 Å². The molecule has 1 amide bonds. The van der Waals surface area contributed by atoms with E-state index >= 15 is 0 Å². The van der Waals surface area contributed by atoms with Crippen molar-refractivity contribution in [2.24, 2.45) is 5.92 Å². The van der Waals surface area contributed by atoms with Gasteiger partial charge in [0, 0.05) is 30.8 Å². The van der Waals surface area contributed by atoms with Gasteiger partial charge in [-0.05, 0) is 35.6 Å². The highest BCUT2D eigenvalue weighted by Crippen LogP contribution is 2.38. The number of benzene rings is 1. The van der Waals surface area contributed by atoms with E-state index in [0.29, 0.717) is 13.0 Å². The van der Waals surface area contributed by atoms with Crippen LogP contribution in [0.3, 0.4) is 0 Å². The molecule has 0 saturated heterocycles. The number of carbonyl (C=O) groups excluding carboxylic acids is 1. The molecule has 26 heavy (non-hydrogen) atoms. The summed E-state index contributed by atoms with van der Waals surface area (Å²) >= 11 is 0. The number of fused-ring (bicyclic) bond motifs is 1. The van der Waals surface area contributed by atoms with Crippen LogP contribution in [0.1, 0.15) is 44.1 Å². The monoisotopic (exact) mass is 350 g/mol. The summed E-state index contributed by atoms with van der Waals surface area (Å²) < 4.78 is 6.19. The molecule has 0 spiro atoms. The van der Waals surface area contributed by atoms with E-state index in [1.807, 2.05) is 12.1 Å². The molecule has 4 heteroatoms. The second-order valence-corrected chi connectivity index (χ2v) is 7.47. The van der Waals surface area contributed by atoms with Crippen LogP contribution in [0.4, 0.5) is 0 Å². The number of aromatic nitrogens is 1. The standard InChI is InChI=1S/C22H26N2O2/c25-21(9-8-16-4-1-2-5-16)24-15-19-14-18-6-3-7-20(22(18)26-19)17-10-12-23-13-11-17/h3,6-7,10-13,16,19H,1-2,4-5,8-9,14-15H2,(H,24,25)/t19-/m0/s1. The number of rotatable bonds is 6. The Morgan fingerprint density at radius 1 is 1.15 bits per heavy atom. The Hall–Kier alpha value is -2.36. The summed E-state index contributed by atoms with van der Waals surface area (Å²) in [4.78, 5) is 16.2. The molecule has 1 aliphatic carbocycles. The first kappa shape index (κ1) is 17.1. The minimum absolute atomic E-state index is 0.0171. The molecule has 1 saturated carbocycles. The maximum Gasteiger partial charge on any atom is 0.220 e. The van der Waals surface area contributed by atoms with Crippen molar-refractivity contribution in [1.29, 1.82) is 0 Å². The van der Waals surface area contributed by atoms with Gasteiger partial charge in [0.25, 0.3) is 0 Å². The molecule has 1 aromatic heterocycles. The minimum atomic E-state index is 0.0171. The second kappa shape index (κ2) is 7.90. The van der Waals surface area contributed by atoms with Gasteiger partial charge in [-0.3, -0.25) is 9.78 Å². The van der Waals surface area contributed by atoms with Crippen LogP contribution in [-0.2, 0) is 11.2 Å². The first-order valence-corrected chi connectivity index (χ1v) is 9.75. The predicted molar refractivity (Wildman–Crippen MR) is 102 cm³/mol. The van der Waals surface area contributed by atoms with Gasteiger partial charge in [-0.15, -0.1) is 0 Å². The molecule has 1 aromatic carbocycles. The van der Waals surface area contributed by atoms with Gasteiger partial charge in [-0.25, -0.2) is 0 Å². The summed E-state index contributed by atoms with van der Waals surface area (Å²) in [5, 5.41) is 3.07. The molecule has 4 nitrogen and oxygen atoms in total. The third-order valence-electron chi connectivity index (χ3n) is 5.60. The van der Waals surface area contributed by atoms with E-state index in [0.717, 1.165) is 35.6 Å². The number of para-hydroxylation sites is 1. The van der Waals surface area contributed by atoms with Crippen molar-refractivity contribution < 1.29 is 9.53 Å². The number of nitrogens with zero attached hydrogens (tertiary/aromatic N) is 1. The van der Waals surface area contributed by atoms with Crippen LogP contribution in [0.2, 0.25) is 0 Å². The van der Waals surface area contributed by atoms with Gasteiger partial charge < -0.3 is 10.1 Å². The smallest absolute Gasteiger partial charge is 0.220 e. The van der Waals surface area contributed by atoms with E-state index in [4.69, 9.17) is 4.74 Å². The Morgan fingerprint density at radius 2 is 1.96 bits per heavy atom. The summed E-state index contributed by atoms with van der Waals surface area (Å²) in [6.07, 6.45) is 11.4. The molecule has 2 aromatic rings. The lowest BCUT2D eigenvalue weighted by atomic mass is 10.0. The van der Waals surface area contributed by atoms with E-state index in [-0.39, 0.29) is 12.0 Å². The fraction of sp³-hybridized carbons (Fsp3) is 0.455. The molecule has 2 aliphatic rings. The summed E-state index contributed by atoms with van der Waals surface area (Å²) in [6, 6.07) is 10.3. The number of ether oxygens (including phenoxy) is 1. The molecule has 4 rings (SSSR count). The van der Waals surface area contributed by atoms with E-state index in [9.17, 15) is 4.79 Å². The van der Waals surface area contributed by atoms with Gasteiger partial charge >= 0.3 is 0 Å². The largest absolute Gasteiger partial charge is 0.487 e. The molecule has 2 heterocycles. The number of pyridine rings is 1. The SMILES string of the molecule is O=C(CCC1CCCC1)NC[C@@H]1Cc2cccc(-c3ccncc3)c2O1. The zero-order valence-electron chi connectivity index (χ0n) is 15.1. The molecule has 0 unspecified atom stereocenters. The molecule has 1 fully saturated rings. The van der Waals surface area contributed by atoms with Crippen LogP contribution < -0.4 is 10.1 Å². The first-order valence-electron chi connectivity index (χ1n) is 9.75. The highest BCUT2D eigenvalue weighted by molar-refractivity contribution is 5.76. The quantitative estimate of drug-likeness (QED) is 0.852. The number of nitrogens with one attached hydrogen (secondary N) is 1. The van der Waals surface area contributed by atoms with E-state index in [1.165, 1.54) is 31.2 Å². The van der Waals surface area contributed by atoms with Crippen LogP contribution in [0.5, 0.6) is 5.75 Å². The van der Waals surface area contributed by atoms with E-state index < -0.39 is 0 Å². The third kappa shape index (κ3) is 3.90. The predicted octanol–water partition coefficient (Wildman–Crippen LogP) is 4.14. The summed E-state index contributed by atoms with van der Waals surface area (Å²) in [6.45, 7) is 0.577. The number of hydrogen-bond donors (Lipinski definition) is 1. The summed E-state index contributed by atoms with van der Waals surface area (Å²) in [5.74, 6) is 1.87. The number of carbonyl (C=O) groups is 1. The average molecular weight is 350 g/mol. The van der Waals surface area contributed by atoms with Gasteiger partial charge in [0.15, 0.2) is 0 Å². The highest BCUT2D eigenvalue weighted by Gasteiger charge is 2.26. The van der Waals surface area contributed by atoms with Crippen molar-refractivity contribution >= 4 is 5.91 Å². The highest BCUT2D eigenvalue weighted by atomic mass is 16.5. The number of amides is 1. The lowest BCUT2D eigenvalue weighted by molar-refractivity contribution is -0.121. The van der Waals surface area contributed by atoms with Gasteiger partial charge in [-0.1, -0.05) is 43.9 Å². The fourth-order valence-electron chi connectivity index (χ4n) is 4.16. The van der Waals surface area contributed by atoms with E-state index in [1.54, 1.807) is 12.4 Å². The van der Waals surface area contributed by atoms with Crippen molar-refractivity contribution in [2.45, 2.75) is 51.0 Å². The van der Waals surface area contributed by atoms with Gasteiger partial charge in [0.2, 0.25) is 5.91 Å².